The van der Waals surface area contributed by atoms with E-state index in [4.69, 9.17) is 11.6 Å². The molecule has 1 saturated heterocycles. The molecule has 0 aromatic carbocycles. The Balaban J connectivity index is 1.83. The number of halogens is 1. The fourth-order valence-electron chi connectivity index (χ4n) is 3.57. The van der Waals surface area contributed by atoms with Gasteiger partial charge in [-0.25, -0.2) is 9.78 Å². The Kier molecular flexibility index (Phi) is 4.33. The van der Waals surface area contributed by atoms with Crippen LogP contribution in [0.4, 0.5) is 4.79 Å². The fourth-order valence-corrected chi connectivity index (χ4v) is 3.68. The minimum atomic E-state index is -1.08. The van der Waals surface area contributed by atoms with Crippen molar-refractivity contribution >= 4 is 28.7 Å². The molecule has 0 bridgehead atoms. The van der Waals surface area contributed by atoms with E-state index in [0.717, 1.165) is 0 Å². The summed E-state index contributed by atoms with van der Waals surface area (Å²) in [4.78, 5) is 31.1. The molecule has 0 spiro atoms. The van der Waals surface area contributed by atoms with E-state index in [2.05, 4.69) is 19.9 Å². The number of hydrogen-bond donors (Lipinski definition) is 3. The number of aromatic nitrogens is 4. The highest BCUT2D eigenvalue weighted by Crippen LogP contribution is 2.38. The van der Waals surface area contributed by atoms with E-state index in [1.165, 1.54) is 23.5 Å². The van der Waals surface area contributed by atoms with E-state index in [-0.39, 0.29) is 5.88 Å². The van der Waals surface area contributed by atoms with Crippen LogP contribution in [0.2, 0.25) is 5.02 Å². The van der Waals surface area contributed by atoms with Gasteiger partial charge in [0.05, 0.1) is 28.5 Å². The number of pyridine rings is 1. The molecule has 4 rings (SSSR count). The zero-order valence-electron chi connectivity index (χ0n) is 14.4. The summed E-state index contributed by atoms with van der Waals surface area (Å²) in [6.07, 6.45) is 3.40. The number of fused-ring (bicyclic) bond motifs is 1. The molecule has 1 aliphatic heterocycles. The summed E-state index contributed by atoms with van der Waals surface area (Å²) in [6.45, 7) is 0.912. The average Bonchev–Trinajstić information content (AvgIpc) is 2.98. The standard InChI is InChI=1S/C17H17ClN6O3/c1-23-7-11(10-3-2-9(18)6-21-10)24(17(26)27)12(8-23)13-14-15(16(25)22-13)20-5-4-19-14/h2-6,11-12,22,25H,7-8H2,1H3,(H,26,27). The number of aromatic hydroxyl groups is 1. The Morgan fingerprint density at radius 3 is 2.56 bits per heavy atom. The first-order valence-corrected chi connectivity index (χ1v) is 8.66. The Bertz CT molecular complexity index is 992. The molecule has 4 heterocycles. The molecule has 3 N–H and O–H groups in total. The Labute approximate surface area is 159 Å². The van der Waals surface area contributed by atoms with Crippen LogP contribution in [-0.2, 0) is 0 Å². The molecular weight excluding hydrogens is 372 g/mol. The summed E-state index contributed by atoms with van der Waals surface area (Å²) in [5.41, 5.74) is 1.87. The van der Waals surface area contributed by atoms with Crippen LogP contribution in [0.3, 0.4) is 0 Å². The summed E-state index contributed by atoms with van der Waals surface area (Å²) in [5.74, 6) is -0.132. The molecule has 2 unspecified atom stereocenters. The van der Waals surface area contributed by atoms with E-state index < -0.39 is 18.2 Å². The lowest BCUT2D eigenvalue weighted by atomic mass is 10.0. The molecule has 1 aliphatic rings. The van der Waals surface area contributed by atoms with Gasteiger partial charge in [-0.2, -0.15) is 0 Å². The number of carboxylic acid groups (broad SMARTS) is 1. The van der Waals surface area contributed by atoms with Crippen molar-refractivity contribution in [3.8, 4) is 5.88 Å². The first-order chi connectivity index (χ1) is 13.0. The highest BCUT2D eigenvalue weighted by molar-refractivity contribution is 6.30. The number of likely N-dealkylation sites (N-methyl/N-ethyl adjacent to an activating group) is 1. The predicted octanol–water partition coefficient (Wildman–Crippen LogP) is 2.42. The fraction of sp³-hybridized carbons (Fsp3) is 0.294. The van der Waals surface area contributed by atoms with Crippen molar-refractivity contribution < 1.29 is 15.0 Å². The van der Waals surface area contributed by atoms with Crippen LogP contribution in [0, 0.1) is 0 Å². The second kappa shape index (κ2) is 6.67. The maximum Gasteiger partial charge on any atom is 0.408 e. The van der Waals surface area contributed by atoms with Gasteiger partial charge in [-0.15, -0.1) is 0 Å². The third-order valence-corrected chi connectivity index (χ3v) is 4.94. The summed E-state index contributed by atoms with van der Waals surface area (Å²) in [6, 6.07) is 2.34. The van der Waals surface area contributed by atoms with Gasteiger partial charge in [-0.05, 0) is 19.2 Å². The van der Waals surface area contributed by atoms with Gasteiger partial charge in [-0.3, -0.25) is 14.9 Å². The van der Waals surface area contributed by atoms with Gasteiger partial charge >= 0.3 is 6.09 Å². The molecule has 0 radical (unpaired) electrons. The minimum Gasteiger partial charge on any atom is -0.493 e. The second-order valence-corrected chi connectivity index (χ2v) is 6.92. The van der Waals surface area contributed by atoms with Crippen molar-refractivity contribution in [2.24, 2.45) is 0 Å². The van der Waals surface area contributed by atoms with Crippen LogP contribution < -0.4 is 0 Å². The van der Waals surface area contributed by atoms with E-state index in [9.17, 15) is 15.0 Å². The van der Waals surface area contributed by atoms with Crippen LogP contribution in [0.1, 0.15) is 23.5 Å². The van der Waals surface area contributed by atoms with Crippen molar-refractivity contribution in [2.75, 3.05) is 20.1 Å². The Hall–Kier alpha value is -2.91. The van der Waals surface area contributed by atoms with Gasteiger partial charge in [0.25, 0.3) is 0 Å². The molecule has 3 aromatic rings. The monoisotopic (exact) mass is 388 g/mol. The number of aromatic amines is 1. The van der Waals surface area contributed by atoms with Crippen molar-refractivity contribution in [1.29, 1.82) is 0 Å². The number of H-pyrrole nitrogens is 1. The van der Waals surface area contributed by atoms with Crippen LogP contribution in [-0.4, -0.2) is 66.2 Å². The second-order valence-electron chi connectivity index (χ2n) is 6.48. The van der Waals surface area contributed by atoms with Crippen molar-refractivity contribution in [3.05, 3.63) is 47.1 Å². The minimum absolute atomic E-state index is 0.132. The van der Waals surface area contributed by atoms with Gasteiger partial charge in [0.15, 0.2) is 5.52 Å². The Morgan fingerprint density at radius 1 is 1.19 bits per heavy atom. The van der Waals surface area contributed by atoms with Crippen LogP contribution in [0.5, 0.6) is 5.88 Å². The number of rotatable bonds is 2. The zero-order chi connectivity index (χ0) is 19.1. The molecule has 3 aromatic heterocycles. The number of nitrogens with one attached hydrogen (secondary N) is 1. The maximum absolute atomic E-state index is 12.2. The van der Waals surface area contributed by atoms with Gasteiger partial charge in [-0.1, -0.05) is 11.6 Å². The molecule has 1 fully saturated rings. The van der Waals surface area contributed by atoms with Gasteiger partial charge in [0.1, 0.15) is 5.52 Å². The third-order valence-electron chi connectivity index (χ3n) is 4.72. The predicted molar refractivity (Wildman–Crippen MR) is 97.6 cm³/mol. The highest BCUT2D eigenvalue weighted by atomic mass is 35.5. The zero-order valence-corrected chi connectivity index (χ0v) is 15.1. The maximum atomic E-state index is 12.2. The molecule has 27 heavy (non-hydrogen) atoms. The van der Waals surface area contributed by atoms with E-state index in [1.54, 1.807) is 12.1 Å². The molecule has 10 heteroatoms. The average molecular weight is 389 g/mol. The van der Waals surface area contributed by atoms with Crippen molar-refractivity contribution in [3.63, 3.8) is 0 Å². The normalized spacial score (nSPS) is 20.9. The van der Waals surface area contributed by atoms with E-state index >= 15 is 0 Å². The smallest absolute Gasteiger partial charge is 0.408 e. The number of nitrogens with zero attached hydrogens (tertiary/aromatic N) is 5. The lowest BCUT2D eigenvalue weighted by Gasteiger charge is -2.43. The topological polar surface area (TPSA) is 118 Å². The lowest BCUT2D eigenvalue weighted by molar-refractivity contribution is 0.0342. The largest absolute Gasteiger partial charge is 0.493 e. The molecule has 9 nitrogen and oxygen atoms in total. The molecule has 1 amide bonds. The van der Waals surface area contributed by atoms with Crippen molar-refractivity contribution in [2.45, 2.75) is 12.1 Å². The molecule has 2 atom stereocenters. The summed E-state index contributed by atoms with van der Waals surface area (Å²) >= 11 is 5.92. The van der Waals surface area contributed by atoms with Crippen LogP contribution in [0.15, 0.2) is 30.7 Å². The SMILES string of the molecule is CN1CC(c2ccc(Cl)cn2)N(C(=O)O)C(c2[nH]c(O)c3nccnc23)C1. The number of carbonyl (C=O) groups is 1. The van der Waals surface area contributed by atoms with E-state index in [0.29, 0.717) is 40.5 Å². The van der Waals surface area contributed by atoms with Gasteiger partial charge in [0.2, 0.25) is 5.88 Å². The number of piperazine rings is 1. The Morgan fingerprint density at radius 2 is 1.89 bits per heavy atom. The molecule has 0 saturated carbocycles. The van der Waals surface area contributed by atoms with Crippen LogP contribution in [0.25, 0.3) is 11.0 Å². The quantitative estimate of drug-likeness (QED) is 0.616. The summed E-state index contributed by atoms with van der Waals surface area (Å²) < 4.78 is 0. The van der Waals surface area contributed by atoms with E-state index in [1.807, 2.05) is 11.9 Å². The van der Waals surface area contributed by atoms with Crippen molar-refractivity contribution in [1.82, 2.24) is 29.7 Å². The van der Waals surface area contributed by atoms with Crippen LogP contribution >= 0.6 is 11.6 Å². The van der Waals surface area contributed by atoms with Gasteiger partial charge in [0, 0.05) is 31.7 Å². The molecule has 140 valence electrons. The highest BCUT2D eigenvalue weighted by Gasteiger charge is 2.40. The number of amides is 1. The van der Waals surface area contributed by atoms with Gasteiger partial charge < -0.3 is 20.1 Å². The first kappa shape index (κ1) is 17.5. The summed E-state index contributed by atoms with van der Waals surface area (Å²) in [5, 5.41) is 20.6. The third kappa shape index (κ3) is 3.04. The lowest BCUT2D eigenvalue weighted by Crippen LogP contribution is -2.51. The number of hydrogen-bond acceptors (Lipinski definition) is 6. The first-order valence-electron chi connectivity index (χ1n) is 8.28. The summed E-state index contributed by atoms with van der Waals surface area (Å²) in [7, 11) is 1.91. The molecular formula is C17H17ClN6O3. The molecule has 0 aliphatic carbocycles.